The van der Waals surface area contributed by atoms with E-state index in [1.165, 1.54) is 6.07 Å². The quantitative estimate of drug-likeness (QED) is 0.733. The molecular weight excluding hydrogens is 181 g/mol. The van der Waals surface area contributed by atoms with E-state index in [0.717, 1.165) is 6.42 Å². The van der Waals surface area contributed by atoms with E-state index in [1.54, 1.807) is 18.2 Å². The van der Waals surface area contributed by atoms with Crippen molar-refractivity contribution in [3.8, 4) is 0 Å². The van der Waals surface area contributed by atoms with Crippen molar-refractivity contribution >= 4 is 0 Å². The highest BCUT2D eigenvalue weighted by Crippen LogP contribution is 2.07. The van der Waals surface area contributed by atoms with Gasteiger partial charge in [-0.1, -0.05) is 18.2 Å². The molecule has 1 rings (SSSR count). The Morgan fingerprint density at radius 2 is 2.14 bits per heavy atom. The highest BCUT2D eigenvalue weighted by molar-refractivity contribution is 5.16. The molecule has 14 heavy (non-hydrogen) atoms. The number of hydrogen-bond donors (Lipinski definition) is 1. The van der Waals surface area contributed by atoms with Gasteiger partial charge in [-0.3, -0.25) is 0 Å². The first-order valence-corrected chi connectivity index (χ1v) is 4.77. The zero-order chi connectivity index (χ0) is 10.4. The fraction of sp³-hybridized carbons (Fsp3) is 0.455. The Bertz CT molecular complexity index is 276. The molecule has 3 heteroatoms. The van der Waals surface area contributed by atoms with Gasteiger partial charge in [0.15, 0.2) is 0 Å². The summed E-state index contributed by atoms with van der Waals surface area (Å²) in [4.78, 5) is 0. The SMILES string of the molecule is CC(N)CCOCc1ccccc1F. The van der Waals surface area contributed by atoms with Gasteiger partial charge in [0.1, 0.15) is 5.82 Å². The number of halogens is 1. The fourth-order valence-corrected chi connectivity index (χ4v) is 1.07. The molecule has 0 radical (unpaired) electrons. The Hall–Kier alpha value is -0.930. The minimum atomic E-state index is -0.215. The van der Waals surface area contributed by atoms with E-state index in [9.17, 15) is 4.39 Å². The van der Waals surface area contributed by atoms with Gasteiger partial charge in [0.25, 0.3) is 0 Å². The number of nitrogens with two attached hydrogens (primary N) is 1. The van der Waals surface area contributed by atoms with Crippen molar-refractivity contribution in [2.24, 2.45) is 5.73 Å². The fourth-order valence-electron chi connectivity index (χ4n) is 1.07. The van der Waals surface area contributed by atoms with E-state index < -0.39 is 0 Å². The molecule has 0 bridgehead atoms. The lowest BCUT2D eigenvalue weighted by Gasteiger charge is -2.06. The molecule has 0 fully saturated rings. The summed E-state index contributed by atoms with van der Waals surface area (Å²) in [5, 5.41) is 0. The van der Waals surface area contributed by atoms with E-state index in [2.05, 4.69) is 0 Å². The molecule has 2 N–H and O–H groups in total. The van der Waals surface area contributed by atoms with Crippen molar-refractivity contribution in [1.82, 2.24) is 0 Å². The lowest BCUT2D eigenvalue weighted by molar-refractivity contribution is 0.113. The van der Waals surface area contributed by atoms with Gasteiger partial charge in [0, 0.05) is 18.2 Å². The van der Waals surface area contributed by atoms with E-state index in [4.69, 9.17) is 10.5 Å². The van der Waals surface area contributed by atoms with Gasteiger partial charge < -0.3 is 10.5 Å². The largest absolute Gasteiger partial charge is 0.377 e. The second-order valence-corrected chi connectivity index (χ2v) is 3.41. The van der Waals surface area contributed by atoms with Crippen LogP contribution in [-0.2, 0) is 11.3 Å². The summed E-state index contributed by atoms with van der Waals surface area (Å²) in [7, 11) is 0. The predicted octanol–water partition coefficient (Wildman–Crippen LogP) is 2.08. The first kappa shape index (κ1) is 11.1. The second kappa shape index (κ2) is 5.73. The Kier molecular flexibility index (Phi) is 4.56. The van der Waals surface area contributed by atoms with Crippen molar-refractivity contribution in [1.29, 1.82) is 0 Å². The van der Waals surface area contributed by atoms with E-state index in [1.807, 2.05) is 6.92 Å². The molecule has 1 atom stereocenters. The Balaban J connectivity index is 2.28. The maximum Gasteiger partial charge on any atom is 0.128 e. The molecule has 0 aromatic heterocycles. The molecule has 1 aromatic carbocycles. The lowest BCUT2D eigenvalue weighted by atomic mass is 10.2. The monoisotopic (exact) mass is 197 g/mol. The third-order valence-electron chi connectivity index (χ3n) is 1.93. The molecule has 0 saturated heterocycles. The highest BCUT2D eigenvalue weighted by atomic mass is 19.1. The van der Waals surface area contributed by atoms with Crippen LogP contribution in [-0.4, -0.2) is 12.6 Å². The lowest BCUT2D eigenvalue weighted by Crippen LogP contribution is -2.17. The third kappa shape index (κ3) is 3.85. The van der Waals surface area contributed by atoms with E-state index >= 15 is 0 Å². The van der Waals surface area contributed by atoms with Crippen LogP contribution < -0.4 is 5.73 Å². The van der Waals surface area contributed by atoms with Gasteiger partial charge in [0.2, 0.25) is 0 Å². The summed E-state index contributed by atoms with van der Waals surface area (Å²) in [6, 6.07) is 6.76. The van der Waals surface area contributed by atoms with E-state index in [-0.39, 0.29) is 11.9 Å². The molecule has 0 aliphatic carbocycles. The topological polar surface area (TPSA) is 35.2 Å². The molecular formula is C11H16FNO. The van der Waals surface area contributed by atoms with Crippen molar-refractivity contribution < 1.29 is 9.13 Å². The molecule has 0 aliphatic rings. The highest BCUT2D eigenvalue weighted by Gasteiger charge is 2.00. The van der Waals surface area contributed by atoms with Crippen LogP contribution in [0.3, 0.4) is 0 Å². The van der Waals surface area contributed by atoms with E-state index in [0.29, 0.717) is 18.8 Å². The smallest absolute Gasteiger partial charge is 0.128 e. The number of ether oxygens (including phenoxy) is 1. The van der Waals surface area contributed by atoms with Gasteiger partial charge in [-0.2, -0.15) is 0 Å². The summed E-state index contributed by atoms with van der Waals surface area (Å²) in [6.45, 7) is 2.82. The number of hydrogen-bond acceptors (Lipinski definition) is 2. The van der Waals surface area contributed by atoms with Crippen LogP contribution in [0.25, 0.3) is 0 Å². The second-order valence-electron chi connectivity index (χ2n) is 3.41. The molecule has 0 spiro atoms. The molecule has 1 unspecified atom stereocenters. The summed E-state index contributed by atoms with van der Waals surface area (Å²) in [6.07, 6.45) is 0.800. The minimum absolute atomic E-state index is 0.135. The zero-order valence-corrected chi connectivity index (χ0v) is 8.37. The summed E-state index contributed by atoms with van der Waals surface area (Å²) in [5.74, 6) is -0.215. The molecule has 0 aliphatic heterocycles. The van der Waals surface area contributed by atoms with Crippen LogP contribution in [0, 0.1) is 5.82 Å². The van der Waals surface area contributed by atoms with Gasteiger partial charge in [-0.15, -0.1) is 0 Å². The zero-order valence-electron chi connectivity index (χ0n) is 8.37. The standard InChI is InChI=1S/C11H16FNO/c1-9(13)6-7-14-8-10-4-2-3-5-11(10)12/h2-5,9H,6-8,13H2,1H3. The van der Waals surface area contributed by atoms with Crippen molar-refractivity contribution in [3.05, 3.63) is 35.6 Å². The number of rotatable bonds is 5. The molecule has 0 amide bonds. The Labute approximate surface area is 83.9 Å². The third-order valence-corrected chi connectivity index (χ3v) is 1.93. The van der Waals surface area contributed by atoms with Crippen LogP contribution in [0.4, 0.5) is 4.39 Å². The summed E-state index contributed by atoms with van der Waals surface area (Å²) >= 11 is 0. The Morgan fingerprint density at radius 3 is 2.79 bits per heavy atom. The van der Waals surface area contributed by atoms with Crippen LogP contribution in [0.5, 0.6) is 0 Å². The normalized spacial score (nSPS) is 12.8. The summed E-state index contributed by atoms with van der Waals surface area (Å²) in [5.41, 5.74) is 6.14. The average molecular weight is 197 g/mol. The molecule has 2 nitrogen and oxygen atoms in total. The predicted molar refractivity (Wildman–Crippen MR) is 54.3 cm³/mol. The summed E-state index contributed by atoms with van der Waals surface area (Å²) < 4.78 is 18.4. The maximum absolute atomic E-state index is 13.1. The van der Waals surface area contributed by atoms with Crippen LogP contribution >= 0.6 is 0 Å². The van der Waals surface area contributed by atoms with Crippen molar-refractivity contribution in [2.45, 2.75) is 26.0 Å². The molecule has 78 valence electrons. The van der Waals surface area contributed by atoms with Gasteiger partial charge >= 0.3 is 0 Å². The van der Waals surface area contributed by atoms with Gasteiger partial charge in [-0.05, 0) is 19.4 Å². The first-order chi connectivity index (χ1) is 6.70. The first-order valence-electron chi connectivity index (χ1n) is 4.77. The Morgan fingerprint density at radius 1 is 1.43 bits per heavy atom. The molecule has 0 saturated carbocycles. The molecule has 1 aromatic rings. The molecule has 0 heterocycles. The maximum atomic E-state index is 13.1. The average Bonchev–Trinajstić information content (AvgIpc) is 2.15. The van der Waals surface area contributed by atoms with Crippen molar-refractivity contribution in [3.63, 3.8) is 0 Å². The minimum Gasteiger partial charge on any atom is -0.377 e. The number of benzene rings is 1. The van der Waals surface area contributed by atoms with Crippen LogP contribution in [0.1, 0.15) is 18.9 Å². The van der Waals surface area contributed by atoms with Crippen LogP contribution in [0.15, 0.2) is 24.3 Å². The van der Waals surface area contributed by atoms with Crippen molar-refractivity contribution in [2.75, 3.05) is 6.61 Å². The van der Waals surface area contributed by atoms with Gasteiger partial charge in [0.05, 0.1) is 6.61 Å². The van der Waals surface area contributed by atoms with Crippen LogP contribution in [0.2, 0.25) is 0 Å². The van der Waals surface area contributed by atoms with Gasteiger partial charge in [-0.25, -0.2) is 4.39 Å².